The molecule has 0 aromatic carbocycles. The SMILES string of the molecule is C=CC(=O)OC(CC)CCCCCCC(C)C.O=C(O)C1CCCC(C(=O)O)C1. The topological polar surface area (TPSA) is 101 Å². The molecule has 1 rings (SSSR count). The summed E-state index contributed by atoms with van der Waals surface area (Å²) in [6.07, 6.45) is 11.8. The second kappa shape index (κ2) is 16.0. The lowest BCUT2D eigenvalue weighted by molar-refractivity contribution is -0.148. The molecule has 0 saturated heterocycles. The first-order valence-electron chi connectivity index (χ1n) is 11.0. The van der Waals surface area contributed by atoms with E-state index in [-0.39, 0.29) is 12.1 Å². The number of rotatable bonds is 12. The highest BCUT2D eigenvalue weighted by atomic mass is 16.5. The van der Waals surface area contributed by atoms with Gasteiger partial charge in [0, 0.05) is 6.08 Å². The average molecular weight is 413 g/mol. The summed E-state index contributed by atoms with van der Waals surface area (Å²) < 4.78 is 5.24. The largest absolute Gasteiger partial charge is 0.481 e. The molecule has 29 heavy (non-hydrogen) atoms. The first-order chi connectivity index (χ1) is 13.7. The van der Waals surface area contributed by atoms with Crippen molar-refractivity contribution < 1.29 is 29.3 Å². The van der Waals surface area contributed by atoms with E-state index in [1.54, 1.807) is 0 Å². The lowest BCUT2D eigenvalue weighted by atomic mass is 9.81. The summed E-state index contributed by atoms with van der Waals surface area (Å²) >= 11 is 0. The number of carboxylic acid groups (broad SMARTS) is 2. The van der Waals surface area contributed by atoms with Gasteiger partial charge in [0.2, 0.25) is 0 Å². The van der Waals surface area contributed by atoms with E-state index in [9.17, 15) is 14.4 Å². The zero-order valence-electron chi connectivity index (χ0n) is 18.4. The normalized spacial score (nSPS) is 19.6. The molecule has 2 N–H and O–H groups in total. The van der Waals surface area contributed by atoms with Crippen LogP contribution in [-0.4, -0.2) is 34.2 Å². The van der Waals surface area contributed by atoms with Gasteiger partial charge in [0.25, 0.3) is 0 Å². The predicted octanol–water partition coefficient (Wildman–Crippen LogP) is 5.45. The van der Waals surface area contributed by atoms with Gasteiger partial charge in [-0.1, -0.05) is 59.5 Å². The third-order valence-corrected chi connectivity index (χ3v) is 5.34. The predicted molar refractivity (Wildman–Crippen MR) is 114 cm³/mol. The highest BCUT2D eigenvalue weighted by molar-refractivity contribution is 5.81. The lowest BCUT2D eigenvalue weighted by Crippen LogP contribution is -2.26. The maximum atomic E-state index is 11.1. The molecule has 0 heterocycles. The molecule has 3 unspecified atom stereocenters. The van der Waals surface area contributed by atoms with Gasteiger partial charge < -0.3 is 14.9 Å². The Labute approximate surface area is 175 Å². The van der Waals surface area contributed by atoms with Crippen molar-refractivity contribution in [3.8, 4) is 0 Å². The van der Waals surface area contributed by atoms with Crippen molar-refractivity contribution in [2.45, 2.75) is 97.5 Å². The molecule has 1 fully saturated rings. The number of ether oxygens (including phenoxy) is 1. The number of carboxylic acids is 2. The molecule has 0 radical (unpaired) electrons. The molecule has 6 nitrogen and oxygen atoms in total. The Morgan fingerprint density at radius 2 is 1.52 bits per heavy atom. The molecule has 1 aliphatic carbocycles. The molecule has 1 saturated carbocycles. The first-order valence-corrected chi connectivity index (χ1v) is 11.0. The summed E-state index contributed by atoms with van der Waals surface area (Å²) in [6, 6.07) is 0. The van der Waals surface area contributed by atoms with Crippen LogP contribution in [0.15, 0.2) is 12.7 Å². The third kappa shape index (κ3) is 13.9. The first kappa shape index (κ1) is 27.1. The van der Waals surface area contributed by atoms with E-state index in [0.717, 1.165) is 25.2 Å². The van der Waals surface area contributed by atoms with Gasteiger partial charge in [-0.2, -0.15) is 0 Å². The number of unbranched alkanes of at least 4 members (excludes halogenated alkanes) is 3. The zero-order valence-corrected chi connectivity index (χ0v) is 18.4. The molecule has 1 aliphatic rings. The number of carbonyl (C=O) groups is 3. The molecule has 6 heteroatoms. The quantitative estimate of drug-likeness (QED) is 0.251. The number of hydrogen-bond acceptors (Lipinski definition) is 4. The fourth-order valence-corrected chi connectivity index (χ4v) is 3.48. The summed E-state index contributed by atoms with van der Waals surface area (Å²) in [7, 11) is 0. The Hall–Kier alpha value is -1.85. The van der Waals surface area contributed by atoms with Gasteiger partial charge >= 0.3 is 17.9 Å². The molecule has 0 aliphatic heterocycles. The summed E-state index contributed by atoms with van der Waals surface area (Å²) in [5.41, 5.74) is 0. The minimum Gasteiger partial charge on any atom is -0.481 e. The monoisotopic (exact) mass is 412 g/mol. The van der Waals surface area contributed by atoms with Crippen LogP contribution in [0, 0.1) is 17.8 Å². The highest BCUT2D eigenvalue weighted by Gasteiger charge is 2.30. The average Bonchev–Trinajstić information content (AvgIpc) is 2.69. The Kier molecular flexibility index (Phi) is 15.0. The van der Waals surface area contributed by atoms with Crippen LogP contribution in [0.5, 0.6) is 0 Å². The number of esters is 1. The van der Waals surface area contributed by atoms with Gasteiger partial charge in [0.15, 0.2) is 0 Å². The summed E-state index contributed by atoms with van der Waals surface area (Å²) in [6.45, 7) is 10.00. The number of carbonyl (C=O) groups excluding carboxylic acids is 1. The van der Waals surface area contributed by atoms with E-state index in [2.05, 4.69) is 27.4 Å². The summed E-state index contributed by atoms with van der Waals surface area (Å²) in [5, 5.41) is 17.3. The van der Waals surface area contributed by atoms with Crippen molar-refractivity contribution in [3.63, 3.8) is 0 Å². The molecular weight excluding hydrogens is 372 g/mol. The molecule has 0 amide bonds. The second-order valence-corrected chi connectivity index (χ2v) is 8.29. The maximum Gasteiger partial charge on any atom is 0.330 e. The van der Waals surface area contributed by atoms with Crippen LogP contribution < -0.4 is 0 Å². The Morgan fingerprint density at radius 1 is 1.00 bits per heavy atom. The van der Waals surface area contributed by atoms with Crippen molar-refractivity contribution in [2.75, 3.05) is 0 Å². The Morgan fingerprint density at radius 3 is 1.93 bits per heavy atom. The van der Waals surface area contributed by atoms with Crippen molar-refractivity contribution in [3.05, 3.63) is 12.7 Å². The van der Waals surface area contributed by atoms with E-state index in [4.69, 9.17) is 14.9 Å². The molecule has 0 bridgehead atoms. The second-order valence-electron chi connectivity index (χ2n) is 8.29. The maximum absolute atomic E-state index is 11.1. The summed E-state index contributed by atoms with van der Waals surface area (Å²) in [4.78, 5) is 32.1. The Bertz CT molecular complexity index is 480. The highest BCUT2D eigenvalue weighted by Crippen LogP contribution is 2.29. The van der Waals surface area contributed by atoms with Crippen molar-refractivity contribution in [2.24, 2.45) is 17.8 Å². The minimum atomic E-state index is -0.860. The molecule has 0 aromatic heterocycles. The Balaban J connectivity index is 0.000000571. The molecule has 0 aromatic rings. The van der Waals surface area contributed by atoms with Crippen molar-refractivity contribution in [1.82, 2.24) is 0 Å². The number of aliphatic carboxylic acids is 2. The smallest absolute Gasteiger partial charge is 0.330 e. The van der Waals surface area contributed by atoms with Crippen molar-refractivity contribution in [1.29, 1.82) is 0 Å². The summed E-state index contributed by atoms with van der Waals surface area (Å²) in [5.74, 6) is -2.09. The van der Waals surface area contributed by atoms with Crippen LogP contribution >= 0.6 is 0 Å². The van der Waals surface area contributed by atoms with Crippen LogP contribution in [0.4, 0.5) is 0 Å². The minimum absolute atomic E-state index is 0.0746. The van der Waals surface area contributed by atoms with Crippen LogP contribution in [0.25, 0.3) is 0 Å². The van der Waals surface area contributed by atoms with Gasteiger partial charge in [-0.15, -0.1) is 0 Å². The van der Waals surface area contributed by atoms with E-state index >= 15 is 0 Å². The molecule has 168 valence electrons. The standard InChI is InChI=1S/C15H28O2.C8H12O4/c1-5-14(17-15(16)6-2)12-10-8-7-9-11-13(3)4;9-7(10)5-2-1-3-6(4-5)8(11)12/h6,13-14H,2,5,7-12H2,1,3-4H3;5-6H,1-4H2,(H,9,10)(H,11,12). The van der Waals surface area contributed by atoms with Gasteiger partial charge in [0.05, 0.1) is 11.8 Å². The van der Waals surface area contributed by atoms with Gasteiger partial charge in [-0.25, -0.2) is 4.79 Å². The zero-order chi connectivity index (χ0) is 22.2. The lowest BCUT2D eigenvalue weighted by Gasteiger charge is -2.23. The fourth-order valence-electron chi connectivity index (χ4n) is 3.48. The van der Waals surface area contributed by atoms with E-state index in [0.29, 0.717) is 25.7 Å². The van der Waals surface area contributed by atoms with Crippen LogP contribution in [0.3, 0.4) is 0 Å². The van der Waals surface area contributed by atoms with Gasteiger partial charge in [0.1, 0.15) is 6.10 Å². The van der Waals surface area contributed by atoms with Gasteiger partial charge in [-0.3, -0.25) is 9.59 Å². The fraction of sp³-hybridized carbons (Fsp3) is 0.783. The van der Waals surface area contributed by atoms with Crippen LogP contribution in [-0.2, 0) is 19.1 Å². The van der Waals surface area contributed by atoms with Crippen LogP contribution in [0.2, 0.25) is 0 Å². The van der Waals surface area contributed by atoms with Crippen molar-refractivity contribution >= 4 is 17.9 Å². The third-order valence-electron chi connectivity index (χ3n) is 5.34. The van der Waals surface area contributed by atoms with E-state index in [1.807, 2.05) is 0 Å². The molecule has 3 atom stereocenters. The van der Waals surface area contributed by atoms with Crippen LogP contribution in [0.1, 0.15) is 91.4 Å². The van der Waals surface area contributed by atoms with E-state index < -0.39 is 23.8 Å². The molecular formula is C23H40O6. The molecule has 0 spiro atoms. The number of hydrogen-bond donors (Lipinski definition) is 2. The van der Waals surface area contributed by atoms with E-state index in [1.165, 1.54) is 31.8 Å². The van der Waals surface area contributed by atoms with Gasteiger partial charge in [-0.05, 0) is 44.4 Å².